The average molecular weight is 208 g/mol. The van der Waals surface area contributed by atoms with Gasteiger partial charge >= 0.3 is 0 Å². The third-order valence-corrected chi connectivity index (χ3v) is 2.44. The predicted molar refractivity (Wildman–Crippen MR) is 59.4 cm³/mol. The Hall–Kier alpha value is -1.42. The number of nitriles is 2. The van der Waals surface area contributed by atoms with Crippen LogP contribution in [-0.4, -0.2) is 13.1 Å². The Balaban J connectivity index is 3.81. The molecule has 0 rings (SSSR count). The molecule has 0 aromatic rings. The molecule has 15 heavy (non-hydrogen) atoms. The maximum absolute atomic E-state index is 8.38. The van der Waals surface area contributed by atoms with Crippen molar-refractivity contribution in [1.82, 2.24) is 10.6 Å². The fourth-order valence-corrected chi connectivity index (χ4v) is 1.79. The van der Waals surface area contributed by atoms with Gasteiger partial charge in [0.25, 0.3) is 0 Å². The van der Waals surface area contributed by atoms with Crippen LogP contribution in [0.5, 0.6) is 0 Å². The first-order valence-corrected chi connectivity index (χ1v) is 5.26. The highest BCUT2D eigenvalue weighted by Gasteiger charge is 2.20. The van der Waals surface area contributed by atoms with Crippen LogP contribution < -0.4 is 10.6 Å². The lowest BCUT2D eigenvalue weighted by molar-refractivity contribution is 0.256. The minimum atomic E-state index is 0.209. The third kappa shape index (κ3) is 7.64. The lowest BCUT2D eigenvalue weighted by Gasteiger charge is -2.27. The predicted octanol–water partition coefficient (Wildman–Crippen LogP) is 1.57. The lowest BCUT2D eigenvalue weighted by atomic mass is 9.80. The van der Waals surface area contributed by atoms with E-state index in [1.165, 1.54) is 0 Å². The molecule has 0 aliphatic rings. The molecule has 1 atom stereocenters. The minimum Gasteiger partial charge on any atom is -0.324 e. The smallest absolute Gasteiger partial charge is 0.176 e. The van der Waals surface area contributed by atoms with Crippen LogP contribution in [-0.2, 0) is 0 Å². The van der Waals surface area contributed by atoms with E-state index in [4.69, 9.17) is 10.5 Å². The van der Waals surface area contributed by atoms with E-state index in [-0.39, 0.29) is 5.41 Å². The Morgan fingerprint density at radius 1 is 1.20 bits per heavy atom. The van der Waals surface area contributed by atoms with Gasteiger partial charge in [-0.15, -0.1) is 0 Å². The summed E-state index contributed by atoms with van der Waals surface area (Å²) in [6.45, 7) is 7.96. The van der Waals surface area contributed by atoms with Gasteiger partial charge in [0, 0.05) is 13.1 Å². The first-order valence-electron chi connectivity index (χ1n) is 5.26. The van der Waals surface area contributed by atoms with Crippen LogP contribution in [0.2, 0.25) is 0 Å². The van der Waals surface area contributed by atoms with Crippen molar-refractivity contribution in [2.24, 2.45) is 11.3 Å². The fourth-order valence-electron chi connectivity index (χ4n) is 1.79. The molecule has 0 saturated heterocycles. The Morgan fingerprint density at radius 3 is 2.33 bits per heavy atom. The molecule has 0 bridgehead atoms. The van der Waals surface area contributed by atoms with Gasteiger partial charge in [-0.05, 0) is 24.2 Å². The number of nitrogens with zero attached hydrogens (tertiary/aromatic N) is 2. The largest absolute Gasteiger partial charge is 0.324 e. The molecule has 0 heterocycles. The number of nitrogens with one attached hydrogen (secondary N) is 2. The SMILES string of the molecule is CC(CNC#N)CC(C)(C)CCNC#N. The maximum atomic E-state index is 8.38. The zero-order chi connectivity index (χ0) is 11.7. The first kappa shape index (κ1) is 13.6. The Bertz CT molecular complexity index is 246. The normalized spacial score (nSPS) is 12.3. The number of rotatable bonds is 7. The molecule has 1 unspecified atom stereocenters. The van der Waals surface area contributed by atoms with E-state index in [1.807, 2.05) is 12.4 Å². The van der Waals surface area contributed by atoms with Crippen molar-refractivity contribution in [3.63, 3.8) is 0 Å². The van der Waals surface area contributed by atoms with Gasteiger partial charge in [0.05, 0.1) is 0 Å². The van der Waals surface area contributed by atoms with Gasteiger partial charge < -0.3 is 10.6 Å². The van der Waals surface area contributed by atoms with Crippen molar-refractivity contribution in [2.45, 2.75) is 33.6 Å². The molecule has 0 fully saturated rings. The molecule has 4 heteroatoms. The Labute approximate surface area is 92.3 Å². The van der Waals surface area contributed by atoms with E-state index in [0.29, 0.717) is 5.92 Å². The van der Waals surface area contributed by atoms with E-state index in [0.717, 1.165) is 25.9 Å². The van der Waals surface area contributed by atoms with Gasteiger partial charge in [-0.2, -0.15) is 10.5 Å². The molecule has 0 spiro atoms. The summed E-state index contributed by atoms with van der Waals surface area (Å²) in [6, 6.07) is 0. The zero-order valence-electron chi connectivity index (χ0n) is 9.80. The van der Waals surface area contributed by atoms with E-state index >= 15 is 0 Å². The molecule has 2 N–H and O–H groups in total. The van der Waals surface area contributed by atoms with Gasteiger partial charge in [-0.3, -0.25) is 0 Å². The summed E-state index contributed by atoms with van der Waals surface area (Å²) in [5, 5.41) is 22.1. The summed E-state index contributed by atoms with van der Waals surface area (Å²) in [4.78, 5) is 0. The average Bonchev–Trinajstić information content (AvgIpc) is 2.14. The van der Waals surface area contributed by atoms with Crippen LogP contribution in [0.25, 0.3) is 0 Å². The van der Waals surface area contributed by atoms with E-state index < -0.39 is 0 Å². The van der Waals surface area contributed by atoms with Gasteiger partial charge in [-0.1, -0.05) is 20.8 Å². The minimum absolute atomic E-state index is 0.209. The molecule has 0 saturated carbocycles. The molecule has 84 valence electrons. The summed E-state index contributed by atoms with van der Waals surface area (Å²) in [5.74, 6) is 0.474. The molecule has 0 aromatic carbocycles. The van der Waals surface area contributed by atoms with Gasteiger partial charge in [0.2, 0.25) is 0 Å². The van der Waals surface area contributed by atoms with Crippen LogP contribution in [0.15, 0.2) is 0 Å². The van der Waals surface area contributed by atoms with Crippen molar-refractivity contribution in [3.05, 3.63) is 0 Å². The van der Waals surface area contributed by atoms with Crippen molar-refractivity contribution >= 4 is 0 Å². The van der Waals surface area contributed by atoms with Crippen LogP contribution in [0.4, 0.5) is 0 Å². The Morgan fingerprint density at radius 2 is 1.80 bits per heavy atom. The second kappa shape index (κ2) is 6.95. The van der Waals surface area contributed by atoms with Crippen LogP contribution in [0.1, 0.15) is 33.6 Å². The summed E-state index contributed by atoms with van der Waals surface area (Å²) in [7, 11) is 0. The second-order valence-electron chi connectivity index (χ2n) is 4.75. The van der Waals surface area contributed by atoms with Crippen molar-refractivity contribution in [1.29, 1.82) is 10.5 Å². The van der Waals surface area contributed by atoms with E-state index in [9.17, 15) is 0 Å². The monoisotopic (exact) mass is 208 g/mol. The molecule has 0 aliphatic carbocycles. The summed E-state index contributed by atoms with van der Waals surface area (Å²) >= 11 is 0. The fraction of sp³-hybridized carbons (Fsp3) is 0.818. The summed E-state index contributed by atoms with van der Waals surface area (Å²) in [6.07, 6.45) is 5.87. The topological polar surface area (TPSA) is 71.6 Å². The van der Waals surface area contributed by atoms with Crippen molar-refractivity contribution < 1.29 is 0 Å². The molecule has 0 radical (unpaired) electrons. The maximum Gasteiger partial charge on any atom is 0.176 e. The highest BCUT2D eigenvalue weighted by Crippen LogP contribution is 2.28. The van der Waals surface area contributed by atoms with Crippen molar-refractivity contribution in [3.8, 4) is 12.4 Å². The van der Waals surface area contributed by atoms with Crippen molar-refractivity contribution in [2.75, 3.05) is 13.1 Å². The van der Waals surface area contributed by atoms with Crippen LogP contribution >= 0.6 is 0 Å². The second-order valence-corrected chi connectivity index (χ2v) is 4.75. The van der Waals surface area contributed by atoms with E-state index in [1.54, 1.807) is 0 Å². The lowest BCUT2D eigenvalue weighted by Crippen LogP contribution is -2.25. The van der Waals surface area contributed by atoms with Gasteiger partial charge in [0.1, 0.15) is 0 Å². The van der Waals surface area contributed by atoms with Crippen LogP contribution in [0.3, 0.4) is 0 Å². The van der Waals surface area contributed by atoms with Gasteiger partial charge in [-0.25, -0.2) is 0 Å². The molecule has 0 aliphatic heterocycles. The molecular formula is C11H20N4. The highest BCUT2D eigenvalue weighted by molar-refractivity contribution is 4.77. The first-order chi connectivity index (χ1) is 7.02. The highest BCUT2D eigenvalue weighted by atomic mass is 14.9. The standard InChI is InChI=1S/C11H20N4/c1-10(7-15-9-13)6-11(2,3)4-5-14-8-12/h10,14-15H,4-7H2,1-3H3. The summed E-state index contributed by atoms with van der Waals surface area (Å²) < 4.78 is 0. The summed E-state index contributed by atoms with van der Waals surface area (Å²) in [5.41, 5.74) is 0.209. The molecule has 0 amide bonds. The number of hydrogen-bond donors (Lipinski definition) is 2. The molecule has 0 aromatic heterocycles. The molecular weight excluding hydrogens is 188 g/mol. The molecule has 4 nitrogen and oxygen atoms in total. The third-order valence-electron chi connectivity index (χ3n) is 2.44. The van der Waals surface area contributed by atoms with E-state index in [2.05, 4.69) is 31.4 Å². The Kier molecular flexibility index (Phi) is 6.29. The zero-order valence-corrected chi connectivity index (χ0v) is 9.80. The van der Waals surface area contributed by atoms with Gasteiger partial charge in [0.15, 0.2) is 12.4 Å². The quantitative estimate of drug-likeness (QED) is 0.378. The number of hydrogen-bond acceptors (Lipinski definition) is 4. The van der Waals surface area contributed by atoms with Crippen LogP contribution in [0, 0.1) is 34.2 Å².